The van der Waals surface area contributed by atoms with Crippen molar-refractivity contribution >= 4 is 29.1 Å². The number of carboxylic acid groups (broad SMARTS) is 2. The zero-order valence-corrected chi connectivity index (χ0v) is 11.0. The molecule has 88 valence electrons. The number of aliphatic carboxylic acids is 2. The van der Waals surface area contributed by atoms with Crippen LogP contribution in [0.25, 0.3) is 0 Å². The SMILES string of the molecule is CPC(CCCC(=O)O)(CC(=O)O)PC. The molecule has 0 radical (unpaired) electrons. The fraction of sp³-hybridized carbons (Fsp3) is 0.778. The summed E-state index contributed by atoms with van der Waals surface area (Å²) in [5.41, 5.74) is 0. The topological polar surface area (TPSA) is 74.6 Å². The number of hydrogen-bond donors (Lipinski definition) is 2. The van der Waals surface area contributed by atoms with E-state index in [2.05, 4.69) is 0 Å². The van der Waals surface area contributed by atoms with Gasteiger partial charge in [-0.3, -0.25) is 9.59 Å². The van der Waals surface area contributed by atoms with Gasteiger partial charge in [-0.2, -0.15) is 0 Å². The van der Waals surface area contributed by atoms with Crippen LogP contribution in [0.15, 0.2) is 0 Å². The van der Waals surface area contributed by atoms with E-state index >= 15 is 0 Å². The van der Waals surface area contributed by atoms with Crippen LogP contribution in [0.5, 0.6) is 0 Å². The molecule has 0 amide bonds. The van der Waals surface area contributed by atoms with E-state index in [-0.39, 0.29) is 17.7 Å². The van der Waals surface area contributed by atoms with Crippen molar-refractivity contribution in [3.05, 3.63) is 0 Å². The maximum atomic E-state index is 10.7. The minimum absolute atomic E-state index is 0.135. The van der Waals surface area contributed by atoms with Crippen LogP contribution in [-0.4, -0.2) is 40.4 Å². The molecule has 0 aromatic heterocycles. The second-order valence-electron chi connectivity index (χ2n) is 3.40. The average molecular weight is 252 g/mol. The predicted molar refractivity (Wildman–Crippen MR) is 64.9 cm³/mol. The standard InChI is InChI=1S/C9H18O4P2/c1-14-9(15-2,6-8(12)13)5-3-4-7(10)11/h14-15H,3-6H2,1-2H3,(H,10,11)(H,12,13). The molecule has 0 rings (SSSR count). The molecule has 0 aliphatic heterocycles. The zero-order valence-electron chi connectivity index (χ0n) is 9.04. The third-order valence-corrected chi connectivity index (χ3v) is 6.67. The van der Waals surface area contributed by atoms with Gasteiger partial charge in [-0.15, -0.1) is 17.2 Å². The van der Waals surface area contributed by atoms with Gasteiger partial charge < -0.3 is 10.2 Å². The van der Waals surface area contributed by atoms with E-state index in [1.54, 1.807) is 0 Å². The van der Waals surface area contributed by atoms with Crippen LogP contribution < -0.4 is 0 Å². The Kier molecular flexibility index (Phi) is 7.04. The van der Waals surface area contributed by atoms with Gasteiger partial charge in [-0.05, 0) is 26.2 Å². The number of carboxylic acids is 2. The summed E-state index contributed by atoms with van der Waals surface area (Å²) < 4.78 is 0. The highest BCUT2D eigenvalue weighted by atomic mass is 31.1. The molecule has 0 aliphatic rings. The monoisotopic (exact) mass is 252 g/mol. The smallest absolute Gasteiger partial charge is 0.304 e. The third kappa shape index (κ3) is 6.06. The quantitative estimate of drug-likeness (QED) is 0.648. The third-order valence-electron chi connectivity index (χ3n) is 2.40. The Morgan fingerprint density at radius 1 is 1.13 bits per heavy atom. The maximum Gasteiger partial charge on any atom is 0.304 e. The minimum Gasteiger partial charge on any atom is -0.481 e. The Morgan fingerprint density at radius 3 is 2.00 bits per heavy atom. The fourth-order valence-electron chi connectivity index (χ4n) is 1.44. The lowest BCUT2D eigenvalue weighted by atomic mass is 10.1. The van der Waals surface area contributed by atoms with E-state index in [0.717, 1.165) is 0 Å². The van der Waals surface area contributed by atoms with Gasteiger partial charge in [0.15, 0.2) is 0 Å². The first kappa shape index (κ1) is 14.8. The fourth-order valence-corrected chi connectivity index (χ4v) is 3.95. The Bertz CT molecular complexity index is 226. The molecule has 0 aromatic carbocycles. The summed E-state index contributed by atoms with van der Waals surface area (Å²) in [6, 6.07) is 0. The number of carbonyl (C=O) groups is 2. The van der Waals surface area contributed by atoms with Crippen LogP contribution in [0, 0.1) is 0 Å². The Labute approximate surface area is 93.4 Å². The molecule has 2 atom stereocenters. The molecule has 2 unspecified atom stereocenters. The Balaban J connectivity index is 4.23. The van der Waals surface area contributed by atoms with Crippen LogP contribution in [-0.2, 0) is 9.59 Å². The van der Waals surface area contributed by atoms with Crippen molar-refractivity contribution in [3.63, 3.8) is 0 Å². The average Bonchev–Trinajstić information content (AvgIpc) is 2.15. The zero-order chi connectivity index (χ0) is 11.9. The lowest BCUT2D eigenvalue weighted by Gasteiger charge is -2.29. The van der Waals surface area contributed by atoms with E-state index in [1.807, 2.05) is 13.3 Å². The van der Waals surface area contributed by atoms with Crippen LogP contribution in [0.2, 0.25) is 0 Å². The minimum atomic E-state index is -0.807. The lowest BCUT2D eigenvalue weighted by Crippen LogP contribution is -2.21. The molecule has 0 aliphatic carbocycles. The highest BCUT2D eigenvalue weighted by Gasteiger charge is 2.28. The second kappa shape index (κ2) is 7.14. The van der Waals surface area contributed by atoms with Crippen molar-refractivity contribution < 1.29 is 19.8 Å². The molecule has 4 nitrogen and oxygen atoms in total. The van der Waals surface area contributed by atoms with Gasteiger partial charge in [0.1, 0.15) is 0 Å². The Hall–Kier alpha value is -0.200. The molecule has 0 spiro atoms. The molecule has 0 heterocycles. The molecule has 0 aromatic rings. The highest BCUT2D eigenvalue weighted by Crippen LogP contribution is 2.49. The molecule has 0 fully saturated rings. The summed E-state index contributed by atoms with van der Waals surface area (Å²) in [7, 11) is 1.11. The van der Waals surface area contributed by atoms with Crippen molar-refractivity contribution in [1.82, 2.24) is 0 Å². The van der Waals surface area contributed by atoms with E-state index in [0.29, 0.717) is 30.0 Å². The van der Waals surface area contributed by atoms with Crippen LogP contribution in [0.1, 0.15) is 25.7 Å². The first-order chi connectivity index (χ1) is 6.95. The van der Waals surface area contributed by atoms with Crippen molar-refractivity contribution in [2.75, 3.05) is 13.3 Å². The van der Waals surface area contributed by atoms with Gasteiger partial charge in [0.05, 0.1) is 6.42 Å². The Morgan fingerprint density at radius 2 is 1.67 bits per heavy atom. The molecule has 15 heavy (non-hydrogen) atoms. The van der Waals surface area contributed by atoms with Crippen molar-refractivity contribution in [2.24, 2.45) is 0 Å². The number of rotatable bonds is 8. The molecule has 0 saturated heterocycles. The van der Waals surface area contributed by atoms with E-state index < -0.39 is 11.9 Å². The van der Waals surface area contributed by atoms with Gasteiger partial charge in [-0.1, -0.05) is 0 Å². The van der Waals surface area contributed by atoms with Gasteiger partial charge in [0, 0.05) is 11.3 Å². The van der Waals surface area contributed by atoms with Crippen molar-refractivity contribution in [2.45, 2.75) is 30.6 Å². The van der Waals surface area contributed by atoms with Gasteiger partial charge in [0.2, 0.25) is 0 Å². The molecule has 2 N–H and O–H groups in total. The van der Waals surface area contributed by atoms with Gasteiger partial charge in [0.25, 0.3) is 0 Å². The van der Waals surface area contributed by atoms with Crippen LogP contribution in [0.4, 0.5) is 0 Å². The first-order valence-electron chi connectivity index (χ1n) is 4.77. The predicted octanol–water partition coefficient (Wildman–Crippen LogP) is 2.03. The molecule has 0 bridgehead atoms. The lowest BCUT2D eigenvalue weighted by molar-refractivity contribution is -0.137. The van der Waals surface area contributed by atoms with Crippen molar-refractivity contribution in [3.8, 4) is 0 Å². The maximum absolute atomic E-state index is 10.7. The highest BCUT2D eigenvalue weighted by molar-refractivity contribution is 7.58. The molecular formula is C9H18O4P2. The summed E-state index contributed by atoms with van der Waals surface area (Å²) in [6.45, 7) is 4.00. The molecule has 0 saturated carbocycles. The number of hydrogen-bond acceptors (Lipinski definition) is 2. The van der Waals surface area contributed by atoms with E-state index in [9.17, 15) is 9.59 Å². The van der Waals surface area contributed by atoms with E-state index in [1.165, 1.54) is 0 Å². The first-order valence-corrected chi connectivity index (χ1v) is 7.77. The normalized spacial score (nSPS) is 16.1. The molecule has 6 heteroatoms. The summed E-state index contributed by atoms with van der Waals surface area (Å²) in [5.74, 6) is -1.59. The second-order valence-corrected chi connectivity index (χ2v) is 6.81. The van der Waals surface area contributed by atoms with Gasteiger partial charge in [-0.25, -0.2) is 0 Å². The summed E-state index contributed by atoms with van der Waals surface area (Å²) in [6.07, 6.45) is 1.58. The van der Waals surface area contributed by atoms with Crippen LogP contribution >= 0.6 is 17.2 Å². The van der Waals surface area contributed by atoms with Crippen molar-refractivity contribution in [1.29, 1.82) is 0 Å². The largest absolute Gasteiger partial charge is 0.481 e. The summed E-state index contributed by atoms with van der Waals surface area (Å²) in [4.78, 5) is 20.9. The summed E-state index contributed by atoms with van der Waals surface area (Å²) >= 11 is 0. The van der Waals surface area contributed by atoms with E-state index in [4.69, 9.17) is 10.2 Å². The molecular weight excluding hydrogens is 234 g/mol. The summed E-state index contributed by atoms with van der Waals surface area (Å²) in [5, 5.41) is 17.3. The van der Waals surface area contributed by atoms with Gasteiger partial charge >= 0.3 is 11.9 Å². The van der Waals surface area contributed by atoms with Crippen LogP contribution in [0.3, 0.4) is 0 Å².